The van der Waals surface area contributed by atoms with Gasteiger partial charge < -0.3 is 15.4 Å². The van der Waals surface area contributed by atoms with Gasteiger partial charge in [0.1, 0.15) is 0 Å². The van der Waals surface area contributed by atoms with E-state index < -0.39 is 0 Å². The van der Waals surface area contributed by atoms with Crippen molar-refractivity contribution in [3.05, 3.63) is 24.3 Å². The molecule has 4 nitrogen and oxygen atoms in total. The number of hydrogen-bond acceptors (Lipinski definition) is 3. The van der Waals surface area contributed by atoms with Crippen molar-refractivity contribution in [1.29, 1.82) is 0 Å². The highest BCUT2D eigenvalue weighted by molar-refractivity contribution is 7.99. The number of benzene rings is 1. The molecule has 0 heterocycles. The average molecular weight is 254 g/mol. The lowest BCUT2D eigenvalue weighted by molar-refractivity contribution is 0.198. The Morgan fingerprint density at radius 1 is 1.41 bits per heavy atom. The van der Waals surface area contributed by atoms with E-state index in [4.69, 9.17) is 4.74 Å². The zero-order valence-corrected chi connectivity index (χ0v) is 11.0. The van der Waals surface area contributed by atoms with Crippen molar-refractivity contribution >= 4 is 23.5 Å². The molecule has 0 fully saturated rings. The number of ether oxygens (including phenoxy) is 1. The highest BCUT2D eigenvalue weighted by Crippen LogP contribution is 2.26. The Morgan fingerprint density at radius 3 is 2.88 bits per heavy atom. The van der Waals surface area contributed by atoms with Crippen LogP contribution >= 0.6 is 11.8 Å². The fourth-order valence-corrected chi connectivity index (χ4v) is 2.04. The number of methoxy groups -OCH3 is 1. The van der Waals surface area contributed by atoms with Crippen molar-refractivity contribution in [2.75, 3.05) is 31.3 Å². The van der Waals surface area contributed by atoms with Gasteiger partial charge in [0.25, 0.3) is 0 Å². The number of urea groups is 1. The number of carbonyl (C=O) groups excluding carboxylic acids is 1. The van der Waals surface area contributed by atoms with Gasteiger partial charge >= 0.3 is 6.03 Å². The first kappa shape index (κ1) is 13.9. The van der Waals surface area contributed by atoms with Crippen molar-refractivity contribution in [3.63, 3.8) is 0 Å². The van der Waals surface area contributed by atoms with Gasteiger partial charge in [-0.1, -0.05) is 19.1 Å². The second-order valence-electron chi connectivity index (χ2n) is 3.30. The van der Waals surface area contributed by atoms with E-state index in [0.717, 1.165) is 16.3 Å². The minimum Gasteiger partial charge on any atom is -0.383 e. The number of rotatable bonds is 6. The molecule has 0 bridgehead atoms. The van der Waals surface area contributed by atoms with E-state index in [2.05, 4.69) is 17.6 Å². The van der Waals surface area contributed by atoms with Crippen LogP contribution in [-0.2, 0) is 4.74 Å². The lowest BCUT2D eigenvalue weighted by atomic mass is 10.3. The maximum absolute atomic E-state index is 11.6. The standard InChI is InChI=1S/C12H18N2O2S/c1-3-17-11-7-5-4-6-10(11)14-12(15)13-8-9-16-2/h4-7H,3,8-9H2,1-2H3,(H2,13,14,15). The SMILES string of the molecule is CCSc1ccccc1NC(=O)NCCOC. The molecule has 2 amide bonds. The van der Waals surface area contributed by atoms with Crippen LogP contribution in [0.2, 0.25) is 0 Å². The van der Waals surface area contributed by atoms with Crippen molar-refractivity contribution in [2.24, 2.45) is 0 Å². The van der Waals surface area contributed by atoms with Crippen molar-refractivity contribution in [3.8, 4) is 0 Å². The van der Waals surface area contributed by atoms with Gasteiger partial charge in [0.05, 0.1) is 12.3 Å². The molecule has 5 heteroatoms. The monoisotopic (exact) mass is 254 g/mol. The van der Waals surface area contributed by atoms with E-state index in [1.165, 1.54) is 0 Å². The fraction of sp³-hybridized carbons (Fsp3) is 0.417. The van der Waals surface area contributed by atoms with Crippen LogP contribution in [-0.4, -0.2) is 32.0 Å². The van der Waals surface area contributed by atoms with Gasteiger partial charge in [0.15, 0.2) is 0 Å². The summed E-state index contributed by atoms with van der Waals surface area (Å²) in [6.07, 6.45) is 0. The van der Waals surface area contributed by atoms with E-state index in [9.17, 15) is 4.79 Å². The minimum absolute atomic E-state index is 0.203. The molecule has 0 unspecified atom stereocenters. The summed E-state index contributed by atoms with van der Waals surface area (Å²) in [7, 11) is 1.60. The number of hydrogen-bond donors (Lipinski definition) is 2. The second-order valence-corrected chi connectivity index (χ2v) is 4.61. The molecular formula is C12H18N2O2S. The topological polar surface area (TPSA) is 50.4 Å². The maximum atomic E-state index is 11.6. The van der Waals surface area contributed by atoms with Gasteiger partial charge in [-0.15, -0.1) is 11.8 Å². The summed E-state index contributed by atoms with van der Waals surface area (Å²) >= 11 is 1.71. The van der Waals surface area contributed by atoms with Crippen LogP contribution in [0.15, 0.2) is 29.2 Å². The molecule has 17 heavy (non-hydrogen) atoms. The molecule has 0 aliphatic rings. The summed E-state index contributed by atoms with van der Waals surface area (Å²) in [5.74, 6) is 0.976. The molecule has 0 atom stereocenters. The lowest BCUT2D eigenvalue weighted by Crippen LogP contribution is -2.31. The van der Waals surface area contributed by atoms with Crippen molar-refractivity contribution in [2.45, 2.75) is 11.8 Å². The van der Waals surface area contributed by atoms with Crippen LogP contribution in [0.3, 0.4) is 0 Å². The summed E-state index contributed by atoms with van der Waals surface area (Å²) in [6, 6.07) is 7.56. The molecule has 0 saturated heterocycles. The van der Waals surface area contributed by atoms with Crippen LogP contribution < -0.4 is 10.6 Å². The molecule has 0 radical (unpaired) electrons. The molecule has 0 spiro atoms. The van der Waals surface area contributed by atoms with Crippen molar-refractivity contribution < 1.29 is 9.53 Å². The molecule has 1 aromatic carbocycles. The molecule has 1 rings (SSSR count). The third-order valence-corrected chi connectivity index (χ3v) is 2.98. The first-order chi connectivity index (χ1) is 8.27. The smallest absolute Gasteiger partial charge is 0.319 e. The predicted molar refractivity (Wildman–Crippen MR) is 71.7 cm³/mol. The molecule has 0 aliphatic carbocycles. The summed E-state index contributed by atoms with van der Waals surface area (Å²) in [4.78, 5) is 12.6. The second kappa shape index (κ2) is 7.97. The first-order valence-electron chi connectivity index (χ1n) is 5.53. The van der Waals surface area contributed by atoms with E-state index in [0.29, 0.717) is 13.2 Å². The molecule has 0 aromatic heterocycles. The van der Waals surface area contributed by atoms with Crippen LogP contribution in [0.4, 0.5) is 10.5 Å². The molecule has 2 N–H and O–H groups in total. The Morgan fingerprint density at radius 2 is 2.18 bits per heavy atom. The van der Waals surface area contributed by atoms with Crippen LogP contribution in [0, 0.1) is 0 Å². The van der Waals surface area contributed by atoms with Gasteiger partial charge in [-0.05, 0) is 17.9 Å². The average Bonchev–Trinajstić information content (AvgIpc) is 2.32. The van der Waals surface area contributed by atoms with E-state index in [1.54, 1.807) is 18.9 Å². The van der Waals surface area contributed by atoms with Crippen LogP contribution in [0.1, 0.15) is 6.92 Å². The Labute approximate surface area is 106 Å². The largest absolute Gasteiger partial charge is 0.383 e. The molecule has 1 aromatic rings. The Balaban J connectivity index is 2.52. The lowest BCUT2D eigenvalue weighted by Gasteiger charge is -2.10. The Kier molecular flexibility index (Phi) is 6.50. The first-order valence-corrected chi connectivity index (χ1v) is 6.52. The number of carbonyl (C=O) groups is 1. The molecule has 0 aliphatic heterocycles. The van der Waals surface area contributed by atoms with Crippen LogP contribution in [0.25, 0.3) is 0 Å². The van der Waals surface area contributed by atoms with Gasteiger partial charge in [-0.2, -0.15) is 0 Å². The van der Waals surface area contributed by atoms with Crippen LogP contribution in [0.5, 0.6) is 0 Å². The Hall–Kier alpha value is -1.20. The van der Waals surface area contributed by atoms with Gasteiger partial charge in [0.2, 0.25) is 0 Å². The number of amides is 2. The van der Waals surface area contributed by atoms with Crippen molar-refractivity contribution in [1.82, 2.24) is 5.32 Å². The summed E-state index contributed by atoms with van der Waals surface area (Å²) < 4.78 is 4.86. The zero-order chi connectivity index (χ0) is 12.5. The summed E-state index contributed by atoms with van der Waals surface area (Å²) in [5.41, 5.74) is 0.842. The highest BCUT2D eigenvalue weighted by atomic mass is 32.2. The predicted octanol–water partition coefficient (Wildman–Crippen LogP) is 2.57. The number of para-hydroxylation sites is 1. The maximum Gasteiger partial charge on any atom is 0.319 e. The van der Waals surface area contributed by atoms with Gasteiger partial charge in [0, 0.05) is 18.6 Å². The van der Waals surface area contributed by atoms with E-state index in [-0.39, 0.29) is 6.03 Å². The molecule has 94 valence electrons. The Bertz CT molecular complexity index is 358. The van der Waals surface area contributed by atoms with E-state index in [1.807, 2.05) is 24.3 Å². The number of nitrogens with one attached hydrogen (secondary N) is 2. The highest BCUT2D eigenvalue weighted by Gasteiger charge is 2.05. The zero-order valence-electron chi connectivity index (χ0n) is 10.2. The number of thioether (sulfide) groups is 1. The minimum atomic E-state index is -0.203. The third-order valence-electron chi connectivity index (χ3n) is 2.03. The van der Waals surface area contributed by atoms with Gasteiger partial charge in [-0.25, -0.2) is 4.79 Å². The number of anilines is 1. The van der Waals surface area contributed by atoms with E-state index >= 15 is 0 Å². The van der Waals surface area contributed by atoms with Gasteiger partial charge in [-0.3, -0.25) is 0 Å². The summed E-state index contributed by atoms with van der Waals surface area (Å²) in [5, 5.41) is 5.54. The fourth-order valence-electron chi connectivity index (χ4n) is 1.28. The molecule has 0 saturated carbocycles. The normalized spacial score (nSPS) is 10.0. The molecular weight excluding hydrogens is 236 g/mol. The summed E-state index contributed by atoms with van der Waals surface area (Å²) in [6.45, 7) is 3.10. The quantitative estimate of drug-likeness (QED) is 0.606. The third kappa shape index (κ3) is 5.10.